The van der Waals surface area contributed by atoms with Gasteiger partial charge in [-0.1, -0.05) is 12.2 Å². The number of aromatic nitrogens is 1. The summed E-state index contributed by atoms with van der Waals surface area (Å²) in [6.45, 7) is 2.05. The molecule has 1 aromatic heterocycles. The second-order valence-electron chi connectivity index (χ2n) is 4.01. The highest BCUT2D eigenvalue weighted by Gasteiger charge is 2.29. The summed E-state index contributed by atoms with van der Waals surface area (Å²) in [5.74, 6) is 0.589. The van der Waals surface area contributed by atoms with Gasteiger partial charge in [0.15, 0.2) is 0 Å². The van der Waals surface area contributed by atoms with Crippen LogP contribution in [0.1, 0.15) is 30.1 Å². The molecule has 0 spiro atoms. The van der Waals surface area contributed by atoms with Crippen LogP contribution in [0.25, 0.3) is 0 Å². The van der Waals surface area contributed by atoms with Crippen LogP contribution >= 0.6 is 12.2 Å². The van der Waals surface area contributed by atoms with Crippen molar-refractivity contribution in [2.75, 3.05) is 0 Å². The lowest BCUT2D eigenvalue weighted by molar-refractivity contribution is 0.0935. The van der Waals surface area contributed by atoms with Gasteiger partial charge in [0, 0.05) is 12.2 Å². The van der Waals surface area contributed by atoms with E-state index in [1.165, 1.54) is 12.8 Å². The monoisotopic (exact) mass is 222 g/mol. The van der Waals surface area contributed by atoms with Gasteiger partial charge in [-0.2, -0.15) is 0 Å². The third-order valence-corrected chi connectivity index (χ3v) is 3.09. The van der Waals surface area contributed by atoms with E-state index in [4.69, 9.17) is 12.2 Å². The molecule has 1 aliphatic rings. The molecule has 1 aromatic rings. The number of hydrogen-bond donors (Lipinski definition) is 2. The molecular formula is C11H14N2OS. The molecule has 3 nitrogen and oxygen atoms in total. The van der Waals surface area contributed by atoms with Crippen LogP contribution in [0.4, 0.5) is 0 Å². The number of nitrogens with one attached hydrogen (secondary N) is 2. The van der Waals surface area contributed by atoms with Crippen molar-refractivity contribution in [1.29, 1.82) is 0 Å². The highest BCUT2D eigenvalue weighted by atomic mass is 32.1. The van der Waals surface area contributed by atoms with Gasteiger partial charge in [0.25, 0.3) is 5.91 Å². The van der Waals surface area contributed by atoms with Gasteiger partial charge in [-0.05, 0) is 37.8 Å². The summed E-state index contributed by atoms with van der Waals surface area (Å²) in [7, 11) is 0. The predicted octanol–water partition coefficient (Wildman–Crippen LogP) is 2.27. The molecule has 1 fully saturated rings. The molecule has 2 rings (SSSR count). The molecular weight excluding hydrogens is 208 g/mol. The van der Waals surface area contributed by atoms with E-state index in [9.17, 15) is 4.79 Å². The summed E-state index contributed by atoms with van der Waals surface area (Å²) in [5, 5.41) is 2.97. The lowest BCUT2D eigenvalue weighted by Crippen LogP contribution is -2.34. The van der Waals surface area contributed by atoms with E-state index in [-0.39, 0.29) is 11.9 Å². The molecule has 2 N–H and O–H groups in total. The van der Waals surface area contributed by atoms with Crippen LogP contribution in [0.3, 0.4) is 0 Å². The lowest BCUT2D eigenvalue weighted by atomic mass is 10.2. The Morgan fingerprint density at radius 2 is 2.40 bits per heavy atom. The summed E-state index contributed by atoms with van der Waals surface area (Å²) in [6, 6.07) is 3.78. The normalized spacial score (nSPS) is 17.1. The standard InChI is InChI=1S/C11H14N2OS/c1-7(8-4-5-8)13-10(14)9-3-2-6-12-11(9)15/h2-3,6-8H,4-5H2,1H3,(H,12,15)(H,13,14)/t7-/m1/s1. The number of carbonyl (C=O) groups excluding carboxylic acids is 1. The van der Waals surface area contributed by atoms with E-state index in [0.717, 1.165) is 0 Å². The third-order valence-electron chi connectivity index (χ3n) is 2.75. The molecule has 0 unspecified atom stereocenters. The average molecular weight is 222 g/mol. The number of aromatic amines is 1. The molecule has 0 radical (unpaired) electrons. The zero-order valence-electron chi connectivity index (χ0n) is 8.62. The Labute approximate surface area is 93.9 Å². The summed E-state index contributed by atoms with van der Waals surface area (Å²) in [5.41, 5.74) is 0.556. The molecule has 1 amide bonds. The van der Waals surface area contributed by atoms with E-state index in [2.05, 4.69) is 10.3 Å². The predicted molar refractivity (Wildman–Crippen MR) is 61.3 cm³/mol. The smallest absolute Gasteiger partial charge is 0.254 e. The Balaban J connectivity index is 2.07. The minimum Gasteiger partial charge on any atom is -0.352 e. The Morgan fingerprint density at radius 1 is 1.67 bits per heavy atom. The first kappa shape index (κ1) is 10.4. The first-order valence-corrected chi connectivity index (χ1v) is 5.58. The Morgan fingerprint density at radius 3 is 3.00 bits per heavy atom. The van der Waals surface area contributed by atoms with Crippen molar-refractivity contribution < 1.29 is 4.79 Å². The topological polar surface area (TPSA) is 44.9 Å². The molecule has 0 aliphatic heterocycles. The van der Waals surface area contributed by atoms with Crippen molar-refractivity contribution in [3.63, 3.8) is 0 Å². The summed E-state index contributed by atoms with van der Waals surface area (Å²) in [6.07, 6.45) is 4.18. The van der Waals surface area contributed by atoms with Gasteiger partial charge in [0.05, 0.1) is 5.56 Å². The molecule has 4 heteroatoms. The Hall–Kier alpha value is -1.16. The highest BCUT2D eigenvalue weighted by molar-refractivity contribution is 7.71. The molecule has 0 aromatic carbocycles. The van der Waals surface area contributed by atoms with Gasteiger partial charge < -0.3 is 10.3 Å². The minimum absolute atomic E-state index is 0.0729. The summed E-state index contributed by atoms with van der Waals surface area (Å²) < 4.78 is 0.498. The van der Waals surface area contributed by atoms with Gasteiger partial charge in [0.2, 0.25) is 0 Å². The maximum atomic E-state index is 11.8. The molecule has 80 valence electrons. The minimum atomic E-state index is -0.0729. The number of H-pyrrole nitrogens is 1. The molecule has 0 bridgehead atoms. The number of pyridine rings is 1. The van der Waals surface area contributed by atoms with Crippen molar-refractivity contribution in [3.8, 4) is 0 Å². The van der Waals surface area contributed by atoms with E-state index < -0.39 is 0 Å². The fourth-order valence-electron chi connectivity index (χ4n) is 1.60. The van der Waals surface area contributed by atoms with Crippen molar-refractivity contribution in [3.05, 3.63) is 28.5 Å². The van der Waals surface area contributed by atoms with Crippen molar-refractivity contribution >= 4 is 18.1 Å². The van der Waals surface area contributed by atoms with Crippen LogP contribution < -0.4 is 5.32 Å². The van der Waals surface area contributed by atoms with Crippen LogP contribution in [-0.4, -0.2) is 16.9 Å². The zero-order valence-corrected chi connectivity index (χ0v) is 9.43. The first-order chi connectivity index (χ1) is 7.18. The van der Waals surface area contributed by atoms with Crippen LogP contribution in [-0.2, 0) is 0 Å². The van der Waals surface area contributed by atoms with Crippen LogP contribution in [0.15, 0.2) is 18.3 Å². The first-order valence-electron chi connectivity index (χ1n) is 5.17. The fourth-order valence-corrected chi connectivity index (χ4v) is 1.83. The second-order valence-corrected chi connectivity index (χ2v) is 4.42. The molecule has 15 heavy (non-hydrogen) atoms. The summed E-state index contributed by atoms with van der Waals surface area (Å²) >= 11 is 5.05. The van der Waals surface area contributed by atoms with Crippen molar-refractivity contribution in [2.45, 2.75) is 25.8 Å². The van der Waals surface area contributed by atoms with Crippen LogP contribution in [0.5, 0.6) is 0 Å². The maximum absolute atomic E-state index is 11.8. The van der Waals surface area contributed by atoms with Gasteiger partial charge in [-0.3, -0.25) is 4.79 Å². The SMILES string of the molecule is C[C@@H](NC(=O)c1ccc[nH]c1=S)C1CC1. The third kappa shape index (κ3) is 2.45. The van der Waals surface area contributed by atoms with Gasteiger partial charge in [-0.15, -0.1) is 0 Å². The molecule has 1 aliphatic carbocycles. The number of hydrogen-bond acceptors (Lipinski definition) is 2. The van der Waals surface area contributed by atoms with Gasteiger partial charge in [0.1, 0.15) is 4.64 Å². The van der Waals surface area contributed by atoms with Gasteiger partial charge in [-0.25, -0.2) is 0 Å². The number of amides is 1. The molecule has 1 heterocycles. The number of carbonyl (C=O) groups is 1. The molecule has 0 saturated heterocycles. The van der Waals surface area contributed by atoms with Crippen LogP contribution in [0.2, 0.25) is 0 Å². The average Bonchev–Trinajstić information content (AvgIpc) is 3.01. The van der Waals surface area contributed by atoms with E-state index in [1.54, 1.807) is 18.3 Å². The fraction of sp³-hybridized carbons (Fsp3) is 0.455. The highest BCUT2D eigenvalue weighted by Crippen LogP contribution is 2.32. The largest absolute Gasteiger partial charge is 0.352 e. The Kier molecular flexibility index (Phi) is 2.86. The van der Waals surface area contributed by atoms with E-state index in [0.29, 0.717) is 16.1 Å². The quantitative estimate of drug-likeness (QED) is 0.771. The van der Waals surface area contributed by atoms with Crippen molar-refractivity contribution in [1.82, 2.24) is 10.3 Å². The van der Waals surface area contributed by atoms with E-state index >= 15 is 0 Å². The number of rotatable bonds is 3. The second kappa shape index (κ2) is 4.14. The lowest BCUT2D eigenvalue weighted by Gasteiger charge is -2.12. The Bertz CT molecular complexity index is 423. The van der Waals surface area contributed by atoms with Crippen LogP contribution in [0, 0.1) is 10.6 Å². The van der Waals surface area contributed by atoms with Crippen molar-refractivity contribution in [2.24, 2.45) is 5.92 Å². The maximum Gasteiger partial charge on any atom is 0.254 e. The zero-order chi connectivity index (χ0) is 10.8. The molecule has 1 atom stereocenters. The molecule has 1 saturated carbocycles. The van der Waals surface area contributed by atoms with Gasteiger partial charge >= 0.3 is 0 Å². The summed E-state index contributed by atoms with van der Waals surface area (Å²) in [4.78, 5) is 14.7. The van der Waals surface area contributed by atoms with E-state index in [1.807, 2.05) is 6.92 Å².